The van der Waals surface area contributed by atoms with Crippen LogP contribution in [-0.4, -0.2) is 15.5 Å². The van der Waals surface area contributed by atoms with Gasteiger partial charge in [-0.1, -0.05) is 71.6 Å². The van der Waals surface area contributed by atoms with Gasteiger partial charge in [-0.05, 0) is 5.16 Å². The Balaban J connectivity index is -0.000000679. The average molecular weight is 555 g/mol. The number of hydrogen-bond acceptors (Lipinski definition) is 0. The van der Waals surface area contributed by atoms with E-state index >= 15 is 0 Å². The standard InChI is InChI=1S/C17H32ClSi2.C5H5.2ClH.Zr/c1-6-7-8-9-10-15-17(20(4,5)18)19(2,3)16-13-11-12-14-16;1-2-4-5-3-1;;;/h11,13,17H,6-10,12,15H2,1-5H3;1-3H,4H2;2*1H;/q2*-1;;;+4/p-2. The fraction of sp³-hybridized carbons (Fsp3) is 0.636. The zero-order valence-corrected chi connectivity index (χ0v) is 25.0. The van der Waals surface area contributed by atoms with E-state index in [1.54, 1.807) is 0 Å². The third kappa shape index (κ3) is 12.8. The molecular weight excluding hydrogens is 518 g/mol. The van der Waals surface area contributed by atoms with Crippen LogP contribution in [0.3, 0.4) is 0 Å². The molecule has 0 radical (unpaired) electrons. The first-order valence-corrected chi connectivity index (χ1v) is 17.1. The second-order valence-electron chi connectivity index (χ2n) is 8.24. The van der Waals surface area contributed by atoms with Gasteiger partial charge in [0.05, 0.1) is 0 Å². The van der Waals surface area contributed by atoms with Crippen molar-refractivity contribution in [1.29, 1.82) is 0 Å². The Morgan fingerprint density at radius 3 is 2.04 bits per heavy atom. The van der Waals surface area contributed by atoms with Gasteiger partial charge < -0.3 is 24.8 Å². The Bertz CT molecular complexity index is 496. The summed E-state index contributed by atoms with van der Waals surface area (Å²) in [6.45, 7) is 12.0. The van der Waals surface area contributed by atoms with Crippen molar-refractivity contribution < 1.29 is 51.0 Å². The molecule has 0 heterocycles. The summed E-state index contributed by atoms with van der Waals surface area (Å²) in [7, 11) is -3.07. The Kier molecular flexibility index (Phi) is 21.5. The third-order valence-electron chi connectivity index (χ3n) is 5.27. The summed E-state index contributed by atoms with van der Waals surface area (Å²) in [6, 6.07) is 0. The fourth-order valence-corrected chi connectivity index (χ4v) is 17.3. The monoisotopic (exact) mass is 552 g/mol. The van der Waals surface area contributed by atoms with Crippen molar-refractivity contribution >= 4 is 26.5 Å². The molecule has 0 fully saturated rings. The molecule has 2 rings (SSSR count). The predicted octanol–water partition coefficient (Wildman–Crippen LogP) is 1.95. The van der Waals surface area contributed by atoms with Crippen molar-refractivity contribution in [2.75, 3.05) is 0 Å². The van der Waals surface area contributed by atoms with Crippen LogP contribution >= 0.6 is 11.1 Å². The van der Waals surface area contributed by atoms with Crippen molar-refractivity contribution in [1.82, 2.24) is 0 Å². The predicted molar refractivity (Wildman–Crippen MR) is 120 cm³/mol. The summed E-state index contributed by atoms with van der Waals surface area (Å²) in [5.74, 6) is 0. The largest absolute Gasteiger partial charge is 4.00 e. The van der Waals surface area contributed by atoms with Crippen LogP contribution in [0.5, 0.6) is 0 Å². The molecule has 0 aromatic rings. The molecule has 0 bridgehead atoms. The van der Waals surface area contributed by atoms with Crippen LogP contribution in [0.1, 0.15) is 58.3 Å². The van der Waals surface area contributed by atoms with E-state index in [0.717, 1.165) is 18.0 Å². The van der Waals surface area contributed by atoms with Gasteiger partial charge in [0.1, 0.15) is 0 Å². The molecular formula is C22H37Cl3Si2Zr. The van der Waals surface area contributed by atoms with Gasteiger partial charge >= 0.3 is 26.2 Å². The van der Waals surface area contributed by atoms with Gasteiger partial charge in [-0.15, -0.1) is 12.8 Å². The Hall–Kier alpha value is 1.15. The van der Waals surface area contributed by atoms with E-state index in [-0.39, 0.29) is 51.0 Å². The quantitative estimate of drug-likeness (QED) is 0.177. The van der Waals surface area contributed by atoms with Crippen molar-refractivity contribution in [2.24, 2.45) is 0 Å². The van der Waals surface area contributed by atoms with Crippen molar-refractivity contribution in [3.63, 3.8) is 0 Å². The van der Waals surface area contributed by atoms with Crippen LogP contribution in [0.25, 0.3) is 0 Å². The summed E-state index contributed by atoms with van der Waals surface area (Å²) >= 11 is 6.91. The molecule has 0 saturated carbocycles. The van der Waals surface area contributed by atoms with E-state index in [1.807, 2.05) is 12.2 Å². The van der Waals surface area contributed by atoms with Gasteiger partial charge in [-0.3, -0.25) is 12.2 Å². The summed E-state index contributed by atoms with van der Waals surface area (Å²) in [5, 5.41) is 2.29. The number of allylic oxidation sites excluding steroid dienone is 8. The van der Waals surface area contributed by atoms with Crippen molar-refractivity contribution in [3.05, 3.63) is 47.7 Å². The Morgan fingerprint density at radius 1 is 1.00 bits per heavy atom. The summed E-state index contributed by atoms with van der Waals surface area (Å²) in [4.78, 5) is 0. The minimum absolute atomic E-state index is 0. The van der Waals surface area contributed by atoms with Gasteiger partial charge in [-0.2, -0.15) is 23.2 Å². The molecule has 2 aliphatic carbocycles. The van der Waals surface area contributed by atoms with E-state index in [2.05, 4.69) is 63.5 Å². The average Bonchev–Trinajstić information content (AvgIpc) is 3.25. The zero-order chi connectivity index (χ0) is 18.8. The molecule has 0 nitrogen and oxygen atoms in total. The van der Waals surface area contributed by atoms with Crippen LogP contribution < -0.4 is 24.8 Å². The van der Waals surface area contributed by atoms with E-state index < -0.39 is 15.5 Å². The van der Waals surface area contributed by atoms with Crippen LogP contribution in [0.2, 0.25) is 31.4 Å². The second kappa shape index (κ2) is 17.8. The Labute approximate surface area is 213 Å². The maximum atomic E-state index is 6.91. The second-order valence-corrected chi connectivity index (χ2v) is 20.2. The maximum absolute atomic E-state index is 6.91. The molecule has 158 valence electrons. The summed E-state index contributed by atoms with van der Waals surface area (Å²) < 4.78 is 0. The third-order valence-corrected chi connectivity index (χ3v) is 16.6. The van der Waals surface area contributed by atoms with Gasteiger partial charge in [0.25, 0.3) is 0 Å². The van der Waals surface area contributed by atoms with Gasteiger partial charge in [0.15, 0.2) is 7.38 Å². The topological polar surface area (TPSA) is 0 Å². The molecule has 1 atom stereocenters. The first-order chi connectivity index (χ1) is 11.8. The van der Waals surface area contributed by atoms with E-state index in [9.17, 15) is 0 Å². The van der Waals surface area contributed by atoms with Crippen LogP contribution in [0, 0.1) is 12.2 Å². The molecule has 0 N–H and O–H groups in total. The first-order valence-electron chi connectivity index (χ1n) is 9.98. The van der Waals surface area contributed by atoms with Crippen molar-refractivity contribution in [3.8, 4) is 0 Å². The molecule has 6 heteroatoms. The molecule has 0 amide bonds. The number of rotatable bonds is 9. The maximum Gasteiger partial charge on any atom is 4.00 e. The van der Waals surface area contributed by atoms with Gasteiger partial charge in [0.2, 0.25) is 0 Å². The summed E-state index contributed by atoms with van der Waals surface area (Å²) in [5.41, 5.74) is 0. The summed E-state index contributed by atoms with van der Waals surface area (Å²) in [6.07, 6.45) is 27.4. The van der Waals surface area contributed by atoms with Crippen LogP contribution in [0.4, 0.5) is 0 Å². The Morgan fingerprint density at radius 2 is 1.64 bits per heavy atom. The minimum Gasteiger partial charge on any atom is -1.00 e. The first kappa shape index (κ1) is 33.8. The smallest absolute Gasteiger partial charge is 1.00 e. The SMILES string of the molecule is CCCCCCCC([Si](C)(C)Cl)[Si](C)(C)C1=[C-]CC=C1.[C-]1=CC=CC1.[Cl-].[Cl-].[Zr+4]. The van der Waals surface area contributed by atoms with Crippen LogP contribution in [0.15, 0.2) is 35.6 Å². The molecule has 1 unspecified atom stereocenters. The van der Waals surface area contributed by atoms with E-state index in [0.29, 0.717) is 0 Å². The number of halogens is 3. The minimum atomic E-state index is -1.62. The van der Waals surface area contributed by atoms with E-state index in [4.69, 9.17) is 11.1 Å². The van der Waals surface area contributed by atoms with E-state index in [1.165, 1.54) is 43.7 Å². The number of unbranched alkanes of at least 4 members (excludes halogenated alkanes) is 4. The molecule has 28 heavy (non-hydrogen) atoms. The van der Waals surface area contributed by atoms with Gasteiger partial charge in [-0.25, -0.2) is 23.4 Å². The molecule has 0 saturated heterocycles. The molecule has 0 aromatic heterocycles. The van der Waals surface area contributed by atoms with Crippen LogP contribution in [-0.2, 0) is 26.2 Å². The number of hydrogen-bond donors (Lipinski definition) is 0. The zero-order valence-electron chi connectivity index (χ0n) is 18.3. The molecule has 2 aliphatic rings. The van der Waals surface area contributed by atoms with Crippen molar-refractivity contribution in [2.45, 2.75) is 89.6 Å². The fourth-order valence-electron chi connectivity index (χ4n) is 3.89. The molecule has 0 aliphatic heterocycles. The van der Waals surface area contributed by atoms with Gasteiger partial charge in [0, 0.05) is 8.07 Å². The normalized spacial score (nSPS) is 15.6. The molecule has 0 aromatic carbocycles. The molecule has 0 spiro atoms.